The zero-order chi connectivity index (χ0) is 7.40. The standard InChI is InChI=1S/C8H11ClO/c1-10-8-4-2-7(6-9)3-5-8/h2-4,8H,5-6H2,1H3. The lowest BCUT2D eigenvalue weighted by Crippen LogP contribution is -2.08. The molecule has 0 heterocycles. The van der Waals surface area contributed by atoms with Gasteiger partial charge < -0.3 is 4.74 Å². The third-order valence-electron chi connectivity index (χ3n) is 1.59. The Bertz CT molecular complexity index is 161. The zero-order valence-electron chi connectivity index (χ0n) is 6.01. The van der Waals surface area contributed by atoms with Crippen molar-refractivity contribution in [3.63, 3.8) is 0 Å². The van der Waals surface area contributed by atoms with Crippen LogP contribution in [-0.2, 0) is 4.74 Å². The first-order chi connectivity index (χ1) is 4.86. The number of halogens is 1. The minimum absolute atomic E-state index is 0.256. The molecule has 10 heavy (non-hydrogen) atoms. The maximum Gasteiger partial charge on any atom is 0.0789 e. The monoisotopic (exact) mass is 158 g/mol. The lowest BCUT2D eigenvalue weighted by Gasteiger charge is -2.12. The maximum atomic E-state index is 5.61. The van der Waals surface area contributed by atoms with Crippen LogP contribution in [0.5, 0.6) is 0 Å². The molecular weight excluding hydrogens is 148 g/mol. The predicted molar refractivity (Wildman–Crippen MR) is 43.4 cm³/mol. The molecule has 0 fully saturated rings. The largest absolute Gasteiger partial charge is 0.377 e. The molecule has 1 nitrogen and oxygen atoms in total. The van der Waals surface area contributed by atoms with Crippen molar-refractivity contribution >= 4 is 11.6 Å². The summed E-state index contributed by atoms with van der Waals surface area (Å²) in [6, 6.07) is 0. The molecule has 1 atom stereocenters. The van der Waals surface area contributed by atoms with Crippen LogP contribution in [0.2, 0.25) is 0 Å². The van der Waals surface area contributed by atoms with Crippen molar-refractivity contribution in [2.45, 2.75) is 12.5 Å². The second-order valence-corrected chi connectivity index (χ2v) is 2.55. The molecular formula is C8H11ClO. The van der Waals surface area contributed by atoms with Crippen LogP contribution >= 0.6 is 11.6 Å². The highest BCUT2D eigenvalue weighted by Crippen LogP contribution is 2.13. The first kappa shape index (κ1) is 7.83. The van der Waals surface area contributed by atoms with E-state index in [1.54, 1.807) is 7.11 Å². The van der Waals surface area contributed by atoms with E-state index < -0.39 is 0 Å². The fraction of sp³-hybridized carbons (Fsp3) is 0.500. The summed E-state index contributed by atoms with van der Waals surface area (Å²) in [6.07, 6.45) is 7.38. The third-order valence-corrected chi connectivity index (χ3v) is 1.90. The summed E-state index contributed by atoms with van der Waals surface area (Å²) in [7, 11) is 1.72. The van der Waals surface area contributed by atoms with Crippen LogP contribution in [0.15, 0.2) is 23.8 Å². The van der Waals surface area contributed by atoms with Gasteiger partial charge in [0.1, 0.15) is 0 Å². The summed E-state index contributed by atoms with van der Waals surface area (Å²) >= 11 is 5.61. The molecule has 1 aliphatic carbocycles. The van der Waals surface area contributed by atoms with Crippen molar-refractivity contribution in [1.82, 2.24) is 0 Å². The summed E-state index contributed by atoms with van der Waals surface area (Å²) < 4.78 is 5.11. The second kappa shape index (κ2) is 3.79. The average molecular weight is 159 g/mol. The molecule has 1 aliphatic rings. The molecule has 0 saturated carbocycles. The van der Waals surface area contributed by atoms with Gasteiger partial charge in [-0.3, -0.25) is 0 Å². The SMILES string of the molecule is COC1C=CC(CCl)=CC1. The Kier molecular flexibility index (Phi) is 2.97. The van der Waals surface area contributed by atoms with Crippen LogP contribution in [0, 0.1) is 0 Å². The van der Waals surface area contributed by atoms with E-state index in [-0.39, 0.29) is 6.10 Å². The minimum Gasteiger partial charge on any atom is -0.377 e. The molecule has 0 radical (unpaired) electrons. The number of allylic oxidation sites excluding steroid dienone is 2. The van der Waals surface area contributed by atoms with Crippen LogP contribution in [0.3, 0.4) is 0 Å². The van der Waals surface area contributed by atoms with Crippen molar-refractivity contribution in [3.8, 4) is 0 Å². The van der Waals surface area contributed by atoms with Crippen LogP contribution in [0.25, 0.3) is 0 Å². The summed E-state index contributed by atoms with van der Waals surface area (Å²) in [5.74, 6) is 0.604. The van der Waals surface area contributed by atoms with Crippen LogP contribution in [0.1, 0.15) is 6.42 Å². The van der Waals surface area contributed by atoms with Gasteiger partial charge in [-0.05, 0) is 12.0 Å². The molecule has 1 rings (SSSR count). The van der Waals surface area contributed by atoms with E-state index in [1.165, 1.54) is 5.57 Å². The number of hydrogen-bond acceptors (Lipinski definition) is 1. The highest BCUT2D eigenvalue weighted by Gasteiger charge is 2.05. The Hall–Kier alpha value is -0.270. The number of ether oxygens (including phenoxy) is 1. The summed E-state index contributed by atoms with van der Waals surface area (Å²) in [5.41, 5.74) is 1.19. The van der Waals surface area contributed by atoms with E-state index in [2.05, 4.69) is 6.08 Å². The first-order valence-electron chi connectivity index (χ1n) is 3.33. The first-order valence-corrected chi connectivity index (χ1v) is 3.86. The lowest BCUT2D eigenvalue weighted by molar-refractivity contribution is 0.142. The van der Waals surface area contributed by atoms with E-state index >= 15 is 0 Å². The molecule has 0 aliphatic heterocycles. The molecule has 0 spiro atoms. The van der Waals surface area contributed by atoms with E-state index in [0.29, 0.717) is 5.88 Å². The topological polar surface area (TPSA) is 9.23 Å². The Balaban J connectivity index is 2.46. The fourth-order valence-corrected chi connectivity index (χ4v) is 1.12. The van der Waals surface area contributed by atoms with Gasteiger partial charge >= 0.3 is 0 Å². The quantitative estimate of drug-likeness (QED) is 0.560. The van der Waals surface area contributed by atoms with Crippen LogP contribution in [0.4, 0.5) is 0 Å². The summed E-state index contributed by atoms with van der Waals surface area (Å²) in [6.45, 7) is 0. The summed E-state index contributed by atoms with van der Waals surface area (Å²) in [4.78, 5) is 0. The number of rotatable bonds is 2. The molecule has 0 saturated heterocycles. The Labute approximate surface area is 66.3 Å². The van der Waals surface area contributed by atoms with Crippen molar-refractivity contribution in [3.05, 3.63) is 23.8 Å². The fourth-order valence-electron chi connectivity index (χ4n) is 0.919. The molecule has 0 N–H and O–H groups in total. The molecule has 0 aromatic heterocycles. The van der Waals surface area contributed by atoms with E-state index in [1.807, 2.05) is 12.2 Å². The van der Waals surface area contributed by atoms with Gasteiger partial charge in [-0.2, -0.15) is 0 Å². The minimum atomic E-state index is 0.256. The molecule has 0 aromatic carbocycles. The van der Waals surface area contributed by atoms with Gasteiger partial charge in [-0.1, -0.05) is 18.2 Å². The van der Waals surface area contributed by atoms with Crippen molar-refractivity contribution in [2.75, 3.05) is 13.0 Å². The normalized spacial score (nSPS) is 24.6. The van der Waals surface area contributed by atoms with Crippen LogP contribution in [-0.4, -0.2) is 19.1 Å². The van der Waals surface area contributed by atoms with Crippen molar-refractivity contribution in [1.29, 1.82) is 0 Å². The van der Waals surface area contributed by atoms with Gasteiger partial charge in [0.15, 0.2) is 0 Å². The molecule has 56 valence electrons. The Morgan fingerprint density at radius 1 is 1.80 bits per heavy atom. The highest BCUT2D eigenvalue weighted by molar-refractivity contribution is 6.19. The predicted octanol–water partition coefficient (Wildman–Crippen LogP) is 2.13. The maximum absolute atomic E-state index is 5.61. The highest BCUT2D eigenvalue weighted by atomic mass is 35.5. The van der Waals surface area contributed by atoms with Crippen molar-refractivity contribution < 1.29 is 4.74 Å². The number of methoxy groups -OCH3 is 1. The van der Waals surface area contributed by atoms with E-state index in [4.69, 9.17) is 16.3 Å². The number of alkyl halides is 1. The van der Waals surface area contributed by atoms with Gasteiger partial charge in [0.2, 0.25) is 0 Å². The van der Waals surface area contributed by atoms with Gasteiger partial charge in [-0.25, -0.2) is 0 Å². The second-order valence-electron chi connectivity index (χ2n) is 2.28. The smallest absolute Gasteiger partial charge is 0.0789 e. The van der Waals surface area contributed by atoms with E-state index in [0.717, 1.165) is 6.42 Å². The average Bonchev–Trinajstić information content (AvgIpc) is 2.05. The molecule has 0 aromatic rings. The molecule has 0 amide bonds. The third kappa shape index (κ3) is 1.86. The molecule has 0 bridgehead atoms. The Morgan fingerprint density at radius 2 is 2.60 bits per heavy atom. The van der Waals surface area contributed by atoms with Gasteiger partial charge in [0.05, 0.1) is 6.10 Å². The summed E-state index contributed by atoms with van der Waals surface area (Å²) in [5, 5.41) is 0. The zero-order valence-corrected chi connectivity index (χ0v) is 6.77. The van der Waals surface area contributed by atoms with Gasteiger partial charge in [0, 0.05) is 13.0 Å². The van der Waals surface area contributed by atoms with Crippen molar-refractivity contribution in [2.24, 2.45) is 0 Å². The molecule has 1 unspecified atom stereocenters. The lowest BCUT2D eigenvalue weighted by atomic mass is 10.1. The van der Waals surface area contributed by atoms with Gasteiger partial charge in [-0.15, -0.1) is 11.6 Å². The van der Waals surface area contributed by atoms with Gasteiger partial charge in [0.25, 0.3) is 0 Å². The number of hydrogen-bond donors (Lipinski definition) is 0. The van der Waals surface area contributed by atoms with Crippen LogP contribution < -0.4 is 0 Å². The van der Waals surface area contributed by atoms with E-state index in [9.17, 15) is 0 Å². The Morgan fingerprint density at radius 3 is 3.00 bits per heavy atom. The molecule has 2 heteroatoms.